The minimum absolute atomic E-state index is 0.0900. The second-order valence-corrected chi connectivity index (χ2v) is 17.0. The van der Waals surface area contributed by atoms with Crippen LogP contribution >= 0.6 is 0 Å². The van der Waals surface area contributed by atoms with E-state index < -0.39 is 35.1 Å². The van der Waals surface area contributed by atoms with Crippen molar-refractivity contribution in [1.82, 2.24) is 15.4 Å². The Morgan fingerprint density at radius 1 is 0.917 bits per heavy atom. The first kappa shape index (κ1) is 45.3. The summed E-state index contributed by atoms with van der Waals surface area (Å²) in [6.45, 7) is 5.45. The number of nitrogens with one attached hydrogen (secondary N) is 2. The molecule has 15 heteroatoms. The van der Waals surface area contributed by atoms with Gasteiger partial charge in [-0.05, 0) is 82.2 Å². The molecule has 2 heterocycles. The molecule has 3 aromatic rings. The summed E-state index contributed by atoms with van der Waals surface area (Å²) in [5, 5.41) is 25.1. The third kappa shape index (κ3) is 11.1. The van der Waals surface area contributed by atoms with Crippen molar-refractivity contribution in [2.24, 2.45) is 0 Å². The zero-order valence-electron chi connectivity index (χ0n) is 35.4. The van der Waals surface area contributed by atoms with Gasteiger partial charge in [0.15, 0.2) is 17.3 Å². The third-order valence-corrected chi connectivity index (χ3v) is 11.0. The summed E-state index contributed by atoms with van der Waals surface area (Å²) in [5.41, 5.74) is 2.29. The van der Waals surface area contributed by atoms with Crippen LogP contribution in [0.4, 0.5) is 10.1 Å². The molecule has 1 fully saturated rings. The summed E-state index contributed by atoms with van der Waals surface area (Å²) >= 11 is 0. The van der Waals surface area contributed by atoms with E-state index >= 15 is 0 Å². The fourth-order valence-electron chi connectivity index (χ4n) is 7.61. The van der Waals surface area contributed by atoms with E-state index in [1.807, 2.05) is 18.4 Å². The van der Waals surface area contributed by atoms with Gasteiger partial charge < -0.3 is 34.9 Å². The smallest absolute Gasteiger partial charge is 0.333 e. The Kier molecular flexibility index (Phi) is 14.7. The van der Waals surface area contributed by atoms with Gasteiger partial charge in [0.25, 0.3) is 0 Å². The summed E-state index contributed by atoms with van der Waals surface area (Å²) in [6, 6.07) is 13.1. The molecule has 0 radical (unpaired) electrons. The van der Waals surface area contributed by atoms with Crippen molar-refractivity contribution in [2.45, 2.75) is 89.0 Å². The molecule has 1 aromatic heterocycles. The molecule has 2 amide bonds. The Morgan fingerprint density at radius 3 is 2.25 bits per heavy atom. The van der Waals surface area contributed by atoms with Gasteiger partial charge in [-0.15, -0.1) is 4.73 Å². The molecule has 0 bridgehead atoms. The average Bonchev–Trinajstić information content (AvgIpc) is 3.62. The molecule has 1 atom stereocenters. The summed E-state index contributed by atoms with van der Waals surface area (Å²) in [6.07, 6.45) is 5.88. The highest BCUT2D eigenvalue weighted by Crippen LogP contribution is 2.43. The Bertz CT molecular complexity index is 2110. The maximum Gasteiger partial charge on any atom is 0.333 e. The van der Waals surface area contributed by atoms with Crippen LogP contribution in [-0.4, -0.2) is 113 Å². The third-order valence-electron chi connectivity index (χ3n) is 11.0. The number of ether oxygens (including phenoxy) is 1. The number of hydrogen-bond acceptors (Lipinski definition) is 9. The number of quaternary nitrogens is 1. The number of nitrogens with zero attached hydrogens (tertiary/aromatic N) is 3. The molecule has 5 rings (SSSR count). The van der Waals surface area contributed by atoms with E-state index in [0.717, 1.165) is 40.8 Å². The lowest BCUT2D eigenvalue weighted by Crippen LogP contribution is -2.47. The van der Waals surface area contributed by atoms with Gasteiger partial charge in [-0.25, -0.2) is 9.18 Å². The number of aromatic nitrogens is 1. The van der Waals surface area contributed by atoms with Gasteiger partial charge in [-0.2, -0.15) is 4.58 Å². The van der Waals surface area contributed by atoms with Crippen LogP contribution < -0.4 is 20.2 Å². The second kappa shape index (κ2) is 19.5. The topological polar surface area (TPSA) is 176 Å². The molecule has 1 unspecified atom stereocenters. The quantitative estimate of drug-likeness (QED) is 0.0295. The Morgan fingerprint density at radius 2 is 1.60 bits per heavy atom. The predicted octanol–water partition coefficient (Wildman–Crippen LogP) is 4.76. The van der Waals surface area contributed by atoms with Crippen LogP contribution in [0.5, 0.6) is 17.5 Å². The van der Waals surface area contributed by atoms with Gasteiger partial charge in [0.1, 0.15) is 30.1 Å². The van der Waals surface area contributed by atoms with E-state index in [2.05, 4.69) is 31.8 Å². The highest BCUT2D eigenvalue weighted by molar-refractivity contribution is 6.43. The first-order valence-corrected chi connectivity index (χ1v) is 20.5. The molecule has 60 heavy (non-hydrogen) atoms. The van der Waals surface area contributed by atoms with Gasteiger partial charge in [-0.3, -0.25) is 19.2 Å². The van der Waals surface area contributed by atoms with Crippen molar-refractivity contribution in [2.75, 3.05) is 47.9 Å². The number of carbonyl (C=O) groups is 5. The van der Waals surface area contributed by atoms with Gasteiger partial charge in [0.2, 0.25) is 29.3 Å². The molecule has 0 spiro atoms. The molecule has 2 aliphatic rings. The number of rotatable bonds is 21. The van der Waals surface area contributed by atoms with Gasteiger partial charge in [0, 0.05) is 55.6 Å². The number of amides is 2. The molecule has 0 saturated heterocycles. The number of hydrogen-bond donors (Lipinski definition) is 4. The van der Waals surface area contributed by atoms with Gasteiger partial charge >= 0.3 is 5.97 Å². The summed E-state index contributed by atoms with van der Waals surface area (Å²) in [4.78, 5) is 70.4. The Hall–Kier alpha value is -5.83. The normalized spacial score (nSPS) is 16.2. The number of unbranched alkanes of at least 4 members (excludes halogenated alkanes) is 3. The number of aromatic hydroxyl groups is 2. The fourth-order valence-corrected chi connectivity index (χ4v) is 7.61. The molecule has 4 N–H and O–H groups in total. The van der Waals surface area contributed by atoms with E-state index in [1.165, 1.54) is 24.3 Å². The molecular formula is C45H58FN5O9+2. The van der Waals surface area contributed by atoms with Crippen LogP contribution in [0.2, 0.25) is 0 Å². The largest absolute Gasteiger partial charge is 0.497 e. The molecule has 1 aliphatic heterocycles. The van der Waals surface area contributed by atoms with E-state index in [1.54, 1.807) is 43.5 Å². The highest BCUT2D eigenvalue weighted by Gasteiger charge is 2.50. The summed E-state index contributed by atoms with van der Waals surface area (Å²) < 4.78 is 23.2. The van der Waals surface area contributed by atoms with E-state index in [9.17, 15) is 38.6 Å². The number of carbonyl (C=O) groups excluding carboxylic acids is 5. The van der Waals surface area contributed by atoms with E-state index in [-0.39, 0.29) is 60.6 Å². The lowest BCUT2D eigenvalue weighted by atomic mass is 9.71. The molecule has 14 nitrogen and oxygen atoms in total. The lowest BCUT2D eigenvalue weighted by molar-refractivity contribution is -0.870. The van der Waals surface area contributed by atoms with Crippen molar-refractivity contribution in [3.05, 3.63) is 83.2 Å². The van der Waals surface area contributed by atoms with Crippen LogP contribution in [0.15, 0.2) is 66.2 Å². The zero-order chi connectivity index (χ0) is 43.8. The van der Waals surface area contributed by atoms with Crippen molar-refractivity contribution in [1.29, 1.82) is 0 Å². The maximum absolute atomic E-state index is 14.5. The van der Waals surface area contributed by atoms with Crippen molar-refractivity contribution in [3.63, 3.8) is 0 Å². The van der Waals surface area contributed by atoms with Crippen molar-refractivity contribution in [3.8, 4) is 17.5 Å². The summed E-state index contributed by atoms with van der Waals surface area (Å²) in [5.74, 6) is -3.35. The fraction of sp³-hybridized carbons (Fsp3) is 0.467. The second-order valence-electron chi connectivity index (χ2n) is 17.0. The molecular weight excluding hydrogens is 774 g/mol. The van der Waals surface area contributed by atoms with Crippen LogP contribution in [0, 0.1) is 5.82 Å². The minimum Gasteiger partial charge on any atom is -0.497 e. The minimum atomic E-state index is -0.875. The number of fused-ring (bicyclic) bond motifs is 1. The number of allylic oxidation sites excluding steroid dienone is 2. The van der Waals surface area contributed by atoms with Gasteiger partial charge in [-0.1, -0.05) is 12.1 Å². The van der Waals surface area contributed by atoms with Crippen molar-refractivity contribution < 1.29 is 57.2 Å². The molecule has 2 aromatic carbocycles. The Labute approximate surface area is 350 Å². The monoisotopic (exact) mass is 831 g/mol. The first-order valence-electron chi connectivity index (χ1n) is 20.5. The molecule has 1 aliphatic carbocycles. The number of methoxy groups -OCH3 is 1. The summed E-state index contributed by atoms with van der Waals surface area (Å²) in [7, 11) is 7.81. The molecule has 322 valence electrons. The van der Waals surface area contributed by atoms with Gasteiger partial charge in [0.05, 0.1) is 45.8 Å². The van der Waals surface area contributed by atoms with Crippen LogP contribution in [0.3, 0.4) is 0 Å². The van der Waals surface area contributed by atoms with Crippen LogP contribution in [0.25, 0.3) is 0 Å². The number of ketones is 2. The standard InChI is InChI=1S/C45H56FN5O9/c1-45(2)33-27-30(46)18-21-35(33)49(36(45)28-32-42(56)41(43(32)57)29-16-19-31(59-6)20-17-29)25-10-7-8-14-37(52)48-34(13-9-11-26-51(3,4)5)44(58)47-24-12-15-40(55)60-50-38(53)22-23-39(50)54/h16-23,27-28,34,41H,7-15,24-26H2,1-6H3,(H2-,47,48,52,56,57,58)/p+2. The predicted molar refractivity (Wildman–Crippen MR) is 222 cm³/mol. The Balaban J connectivity index is 1.16. The highest BCUT2D eigenvalue weighted by atomic mass is 19.1. The van der Waals surface area contributed by atoms with E-state index in [0.29, 0.717) is 48.3 Å². The molecule has 1 saturated carbocycles. The van der Waals surface area contributed by atoms with Crippen LogP contribution in [0.1, 0.15) is 88.7 Å². The number of Topliss-reactive ketones (excluding diaryl/α,β-unsaturated/α-hetero) is 2. The lowest BCUT2D eigenvalue weighted by Gasteiger charge is -2.27. The number of benzene rings is 2. The first-order chi connectivity index (χ1) is 28.4. The SMILES string of the molecule is COc1ccc(C2C(=O)C(=CC3=[N+](CCCCCC(=O)NC(CCCC[N+](C)(C)C)C(=O)NCCCC(=O)On4c(O)ccc4O)c4ccc(F)cc4C3(C)C)C2=O)cc1. The van der Waals surface area contributed by atoms with Crippen molar-refractivity contribution >= 4 is 40.7 Å². The maximum atomic E-state index is 14.5. The van der Waals surface area contributed by atoms with E-state index in [4.69, 9.17) is 9.57 Å². The number of halogens is 1. The average molecular weight is 832 g/mol. The zero-order valence-corrected chi connectivity index (χ0v) is 35.4. The van der Waals surface area contributed by atoms with Crippen LogP contribution in [-0.2, 0) is 29.4 Å².